The van der Waals surface area contributed by atoms with Crippen LogP contribution in [0.4, 0.5) is 5.69 Å². The van der Waals surface area contributed by atoms with Crippen molar-refractivity contribution < 1.29 is 19.1 Å². The number of ether oxygens (including phenoxy) is 2. The number of aryl methyl sites for hydroxylation is 1. The summed E-state index contributed by atoms with van der Waals surface area (Å²) in [5.41, 5.74) is 3.53. The van der Waals surface area contributed by atoms with Crippen molar-refractivity contribution >= 4 is 29.1 Å². The van der Waals surface area contributed by atoms with Crippen molar-refractivity contribution in [3.05, 3.63) is 52.0 Å². The number of benzene rings is 2. The number of anilines is 1. The van der Waals surface area contributed by atoms with E-state index in [-0.39, 0.29) is 24.8 Å². The van der Waals surface area contributed by atoms with Crippen molar-refractivity contribution in [1.29, 1.82) is 0 Å². The van der Waals surface area contributed by atoms with Gasteiger partial charge in [0.25, 0.3) is 0 Å². The molecule has 7 heteroatoms. The predicted molar refractivity (Wildman–Crippen MR) is 108 cm³/mol. The van der Waals surface area contributed by atoms with E-state index in [0.29, 0.717) is 35.3 Å². The van der Waals surface area contributed by atoms with Gasteiger partial charge < -0.3 is 20.1 Å². The maximum Gasteiger partial charge on any atom is 0.243 e. The number of amides is 2. The minimum absolute atomic E-state index is 0.0904. The van der Waals surface area contributed by atoms with Gasteiger partial charge in [-0.25, -0.2) is 0 Å². The fourth-order valence-corrected chi connectivity index (χ4v) is 3.18. The van der Waals surface area contributed by atoms with E-state index in [0.717, 1.165) is 23.2 Å². The summed E-state index contributed by atoms with van der Waals surface area (Å²) in [5.74, 6) is 0.497. The van der Waals surface area contributed by atoms with Crippen LogP contribution in [0.25, 0.3) is 0 Å². The second kappa shape index (κ2) is 8.97. The lowest BCUT2D eigenvalue weighted by Gasteiger charge is -2.12. The van der Waals surface area contributed by atoms with Gasteiger partial charge in [0.1, 0.15) is 0 Å². The van der Waals surface area contributed by atoms with Crippen LogP contribution in [0.5, 0.6) is 11.5 Å². The van der Waals surface area contributed by atoms with Crippen molar-refractivity contribution in [3.8, 4) is 11.5 Å². The van der Waals surface area contributed by atoms with Crippen LogP contribution >= 0.6 is 11.6 Å². The predicted octanol–water partition coefficient (Wildman–Crippen LogP) is 3.42. The fraction of sp³-hybridized carbons (Fsp3) is 0.333. The molecule has 28 heavy (non-hydrogen) atoms. The summed E-state index contributed by atoms with van der Waals surface area (Å²) in [4.78, 5) is 24.4. The third kappa shape index (κ3) is 4.95. The Morgan fingerprint density at radius 2 is 1.89 bits per heavy atom. The van der Waals surface area contributed by atoms with E-state index in [1.807, 2.05) is 32.0 Å². The van der Waals surface area contributed by atoms with E-state index in [4.69, 9.17) is 21.1 Å². The maximum absolute atomic E-state index is 12.2. The Bertz CT molecular complexity index is 898. The lowest BCUT2D eigenvalue weighted by atomic mass is 10.1. The number of hydrogen-bond acceptors (Lipinski definition) is 4. The number of halogens is 1. The molecule has 1 heterocycles. The van der Waals surface area contributed by atoms with E-state index in [1.54, 1.807) is 12.1 Å². The summed E-state index contributed by atoms with van der Waals surface area (Å²) >= 11 is 6.25. The van der Waals surface area contributed by atoms with Crippen LogP contribution in [0.2, 0.25) is 5.02 Å². The summed E-state index contributed by atoms with van der Waals surface area (Å²) in [5, 5.41) is 5.86. The molecule has 0 atom stereocenters. The molecule has 0 saturated carbocycles. The van der Waals surface area contributed by atoms with Gasteiger partial charge in [0.15, 0.2) is 11.5 Å². The molecule has 2 aromatic rings. The van der Waals surface area contributed by atoms with Gasteiger partial charge in [-0.1, -0.05) is 23.7 Å². The lowest BCUT2D eigenvalue weighted by molar-refractivity contribution is -0.123. The van der Waals surface area contributed by atoms with Gasteiger partial charge in [-0.2, -0.15) is 0 Å². The van der Waals surface area contributed by atoms with Crippen molar-refractivity contribution in [2.45, 2.75) is 26.7 Å². The largest absolute Gasteiger partial charge is 0.489 e. The topological polar surface area (TPSA) is 76.7 Å². The molecule has 3 rings (SSSR count). The molecule has 0 radical (unpaired) electrons. The van der Waals surface area contributed by atoms with Gasteiger partial charge in [0.2, 0.25) is 11.8 Å². The molecule has 1 aliphatic rings. The summed E-state index contributed by atoms with van der Waals surface area (Å²) < 4.78 is 11.2. The first-order valence-corrected chi connectivity index (χ1v) is 9.52. The third-order valence-corrected chi connectivity index (χ3v) is 4.83. The smallest absolute Gasteiger partial charge is 0.243 e. The first-order valence-electron chi connectivity index (χ1n) is 9.15. The molecule has 0 fully saturated rings. The third-order valence-electron chi connectivity index (χ3n) is 4.55. The minimum atomic E-state index is -0.279. The molecule has 0 spiro atoms. The number of fused-ring (bicyclic) bond motifs is 1. The average Bonchev–Trinajstić information content (AvgIpc) is 2.90. The molecule has 6 nitrogen and oxygen atoms in total. The molecule has 0 saturated heterocycles. The van der Waals surface area contributed by atoms with Crippen LogP contribution in [0.3, 0.4) is 0 Å². The monoisotopic (exact) mass is 402 g/mol. The molecular formula is C21H23ClN2O4. The van der Waals surface area contributed by atoms with Gasteiger partial charge >= 0.3 is 0 Å². The van der Waals surface area contributed by atoms with Gasteiger partial charge in [-0.05, 0) is 48.7 Å². The Labute approximate surface area is 169 Å². The zero-order valence-corrected chi connectivity index (χ0v) is 16.7. The van der Waals surface area contributed by atoms with Crippen LogP contribution in [-0.4, -0.2) is 31.6 Å². The van der Waals surface area contributed by atoms with Crippen molar-refractivity contribution in [2.75, 3.05) is 25.1 Å². The molecule has 1 aliphatic heterocycles. The molecule has 0 aliphatic carbocycles. The first-order chi connectivity index (χ1) is 13.4. The van der Waals surface area contributed by atoms with Crippen LogP contribution in [0.15, 0.2) is 30.3 Å². The van der Waals surface area contributed by atoms with Gasteiger partial charge in [0, 0.05) is 12.1 Å². The first kappa shape index (κ1) is 20.0. The number of rotatable bonds is 5. The average molecular weight is 403 g/mol. The molecule has 2 N–H and O–H groups in total. The molecule has 148 valence electrons. The summed E-state index contributed by atoms with van der Waals surface area (Å²) in [6.45, 7) is 4.90. The molecule has 0 aromatic heterocycles. The fourth-order valence-electron chi connectivity index (χ4n) is 2.89. The highest BCUT2D eigenvalue weighted by atomic mass is 35.5. The lowest BCUT2D eigenvalue weighted by Crippen LogP contribution is -2.33. The van der Waals surface area contributed by atoms with E-state index in [1.165, 1.54) is 0 Å². The second-order valence-corrected chi connectivity index (χ2v) is 7.11. The summed E-state index contributed by atoms with van der Waals surface area (Å²) in [6.07, 6.45) is 0.865. The second-order valence-electron chi connectivity index (χ2n) is 6.70. The van der Waals surface area contributed by atoms with Crippen LogP contribution in [0.1, 0.15) is 23.1 Å². The zero-order chi connectivity index (χ0) is 20.1. The Kier molecular flexibility index (Phi) is 6.41. The number of hydrogen-bond donors (Lipinski definition) is 2. The van der Waals surface area contributed by atoms with Crippen molar-refractivity contribution in [1.82, 2.24) is 5.32 Å². The number of carbonyl (C=O) groups excluding carboxylic acids is 2. The SMILES string of the molecule is Cc1cccc(NC(=O)CNC(=O)Cc2cc(Cl)c3c(c2)OCCCO3)c1C. The van der Waals surface area contributed by atoms with Gasteiger partial charge in [-0.3, -0.25) is 9.59 Å². The Morgan fingerprint density at radius 1 is 1.11 bits per heavy atom. The normalized spacial score (nSPS) is 12.8. The van der Waals surface area contributed by atoms with E-state index < -0.39 is 0 Å². The molecule has 2 amide bonds. The number of carbonyl (C=O) groups is 2. The number of nitrogens with one attached hydrogen (secondary N) is 2. The highest BCUT2D eigenvalue weighted by Gasteiger charge is 2.17. The Hall–Kier alpha value is -2.73. The maximum atomic E-state index is 12.2. The highest BCUT2D eigenvalue weighted by Crippen LogP contribution is 2.38. The van der Waals surface area contributed by atoms with Crippen molar-refractivity contribution in [2.24, 2.45) is 0 Å². The standard InChI is InChI=1S/C21H23ClN2O4/c1-13-5-3-6-17(14(13)2)24-20(26)12-23-19(25)11-15-9-16(22)21-18(10-15)27-7-4-8-28-21/h3,5-6,9-10H,4,7-8,11-12H2,1-2H3,(H,23,25)(H,24,26). The van der Waals surface area contributed by atoms with Gasteiger partial charge in [0.05, 0.1) is 31.2 Å². The van der Waals surface area contributed by atoms with E-state index >= 15 is 0 Å². The molecular weight excluding hydrogens is 380 g/mol. The van der Waals surface area contributed by atoms with Crippen LogP contribution in [0, 0.1) is 13.8 Å². The Balaban J connectivity index is 1.56. The highest BCUT2D eigenvalue weighted by molar-refractivity contribution is 6.32. The van der Waals surface area contributed by atoms with E-state index in [9.17, 15) is 9.59 Å². The van der Waals surface area contributed by atoms with Crippen molar-refractivity contribution in [3.63, 3.8) is 0 Å². The van der Waals surface area contributed by atoms with Crippen LogP contribution in [-0.2, 0) is 16.0 Å². The molecule has 0 bridgehead atoms. The minimum Gasteiger partial charge on any atom is -0.489 e. The quantitative estimate of drug-likeness (QED) is 0.803. The van der Waals surface area contributed by atoms with Gasteiger partial charge in [-0.15, -0.1) is 0 Å². The Morgan fingerprint density at radius 3 is 2.71 bits per heavy atom. The molecule has 2 aromatic carbocycles. The summed E-state index contributed by atoms with van der Waals surface area (Å²) in [6, 6.07) is 9.13. The molecule has 0 unspecified atom stereocenters. The summed E-state index contributed by atoms with van der Waals surface area (Å²) in [7, 11) is 0. The van der Waals surface area contributed by atoms with E-state index in [2.05, 4.69) is 10.6 Å². The zero-order valence-electron chi connectivity index (χ0n) is 15.9. The van der Waals surface area contributed by atoms with Crippen LogP contribution < -0.4 is 20.1 Å².